The molecular weight excluding hydrogens is 250 g/mol. The van der Waals surface area contributed by atoms with Crippen LogP contribution in [-0.2, 0) is 12.8 Å². The van der Waals surface area contributed by atoms with Gasteiger partial charge >= 0.3 is 0 Å². The minimum Gasteiger partial charge on any atom is -0.393 e. The molecule has 0 radical (unpaired) electrons. The van der Waals surface area contributed by atoms with E-state index in [1.165, 1.54) is 24.0 Å². The van der Waals surface area contributed by atoms with Crippen LogP contribution in [0.4, 0.5) is 5.69 Å². The third-order valence-corrected chi connectivity index (χ3v) is 4.49. The second kappa shape index (κ2) is 5.83. The summed E-state index contributed by atoms with van der Waals surface area (Å²) in [6.45, 7) is 0.616. The average molecular weight is 273 g/mol. The van der Waals surface area contributed by atoms with E-state index < -0.39 is 0 Å². The highest BCUT2D eigenvalue weighted by molar-refractivity contribution is 5.92. The number of anilines is 1. The number of hydrogen-bond donors (Lipinski definition) is 3. The molecule has 4 N–H and O–H groups in total. The number of hydrogen-bond acceptors (Lipinski definition) is 2. The number of aliphatic hydroxyl groups is 1. The molecule has 1 saturated carbocycles. The molecule has 1 fully saturated rings. The molecule has 1 aromatic rings. The van der Waals surface area contributed by atoms with Crippen LogP contribution in [0.25, 0.3) is 0 Å². The zero-order chi connectivity index (χ0) is 13.9. The number of nitrogens with zero attached hydrogens (tertiary/aromatic N) is 1. The van der Waals surface area contributed by atoms with E-state index >= 15 is 0 Å². The molecule has 0 aliphatic heterocycles. The van der Waals surface area contributed by atoms with Gasteiger partial charge in [0.15, 0.2) is 5.96 Å². The van der Waals surface area contributed by atoms with Gasteiger partial charge in [-0.15, -0.1) is 0 Å². The van der Waals surface area contributed by atoms with Crippen molar-refractivity contribution >= 4 is 11.6 Å². The van der Waals surface area contributed by atoms with Gasteiger partial charge in [0.05, 0.1) is 6.10 Å². The Kier molecular flexibility index (Phi) is 3.92. The number of nitrogens with one attached hydrogen (secondary N) is 1. The molecule has 0 heterocycles. The molecule has 108 valence electrons. The third kappa shape index (κ3) is 2.96. The average Bonchev–Trinajstić information content (AvgIpc) is 3.04. The Balaban J connectivity index is 1.59. The molecule has 3 rings (SSSR count). The summed E-state index contributed by atoms with van der Waals surface area (Å²) >= 11 is 0. The lowest BCUT2D eigenvalue weighted by molar-refractivity contribution is 0.137. The molecule has 0 aromatic heterocycles. The Morgan fingerprint density at radius 2 is 2.10 bits per heavy atom. The van der Waals surface area contributed by atoms with E-state index in [2.05, 4.69) is 28.5 Å². The maximum atomic E-state index is 9.77. The van der Waals surface area contributed by atoms with Crippen LogP contribution in [0.2, 0.25) is 0 Å². The van der Waals surface area contributed by atoms with Gasteiger partial charge in [0.2, 0.25) is 0 Å². The van der Waals surface area contributed by atoms with E-state index in [0.29, 0.717) is 12.5 Å². The van der Waals surface area contributed by atoms with Gasteiger partial charge in [-0.1, -0.05) is 12.5 Å². The molecule has 0 spiro atoms. The molecule has 2 unspecified atom stereocenters. The monoisotopic (exact) mass is 273 g/mol. The fraction of sp³-hybridized carbons (Fsp3) is 0.562. The zero-order valence-electron chi connectivity index (χ0n) is 11.8. The van der Waals surface area contributed by atoms with E-state index in [9.17, 15) is 5.11 Å². The van der Waals surface area contributed by atoms with Gasteiger partial charge < -0.3 is 16.2 Å². The number of benzene rings is 1. The number of aryl methyl sites for hydroxylation is 2. The number of aliphatic imine (C=N–C) groups is 1. The first-order valence-electron chi connectivity index (χ1n) is 7.59. The number of aliphatic hydroxyl groups excluding tert-OH is 1. The highest BCUT2D eigenvalue weighted by atomic mass is 16.3. The predicted octanol–water partition coefficient (Wildman–Crippen LogP) is 2.06. The fourth-order valence-electron chi connectivity index (χ4n) is 3.28. The lowest BCUT2D eigenvalue weighted by Gasteiger charge is -2.12. The molecule has 1 aromatic carbocycles. The summed E-state index contributed by atoms with van der Waals surface area (Å²) in [6, 6.07) is 6.42. The Morgan fingerprint density at radius 1 is 1.25 bits per heavy atom. The normalized spacial score (nSPS) is 25.8. The molecule has 20 heavy (non-hydrogen) atoms. The molecule has 4 heteroatoms. The van der Waals surface area contributed by atoms with E-state index in [0.717, 1.165) is 31.4 Å². The van der Waals surface area contributed by atoms with E-state index in [-0.39, 0.29) is 12.0 Å². The van der Waals surface area contributed by atoms with Crippen molar-refractivity contribution in [3.05, 3.63) is 29.3 Å². The molecule has 4 nitrogen and oxygen atoms in total. The quantitative estimate of drug-likeness (QED) is 0.583. The summed E-state index contributed by atoms with van der Waals surface area (Å²) in [4.78, 5) is 4.37. The van der Waals surface area contributed by atoms with Crippen LogP contribution in [0.5, 0.6) is 0 Å². The Hall–Kier alpha value is -1.55. The van der Waals surface area contributed by atoms with Crippen molar-refractivity contribution in [3.8, 4) is 0 Å². The van der Waals surface area contributed by atoms with Gasteiger partial charge in [0.25, 0.3) is 0 Å². The third-order valence-electron chi connectivity index (χ3n) is 4.49. The van der Waals surface area contributed by atoms with Crippen LogP contribution >= 0.6 is 0 Å². The molecular formula is C16H23N3O. The second-order valence-electron chi connectivity index (χ2n) is 5.95. The van der Waals surface area contributed by atoms with Gasteiger partial charge in [0.1, 0.15) is 0 Å². The lowest BCUT2D eigenvalue weighted by Crippen LogP contribution is -2.25. The summed E-state index contributed by atoms with van der Waals surface area (Å²) in [5.41, 5.74) is 9.83. The first-order chi connectivity index (χ1) is 9.72. The van der Waals surface area contributed by atoms with Crippen molar-refractivity contribution in [1.29, 1.82) is 0 Å². The predicted molar refractivity (Wildman–Crippen MR) is 81.9 cm³/mol. The van der Waals surface area contributed by atoms with Crippen LogP contribution in [0, 0.1) is 5.92 Å². The molecule has 0 amide bonds. The summed E-state index contributed by atoms with van der Waals surface area (Å²) in [6.07, 6.45) is 6.46. The maximum Gasteiger partial charge on any atom is 0.193 e. The second-order valence-corrected chi connectivity index (χ2v) is 5.95. The number of guanidine groups is 1. The fourth-order valence-corrected chi connectivity index (χ4v) is 3.28. The molecule has 0 saturated heterocycles. The smallest absolute Gasteiger partial charge is 0.193 e. The summed E-state index contributed by atoms with van der Waals surface area (Å²) in [5, 5.41) is 12.9. The van der Waals surface area contributed by atoms with Crippen LogP contribution in [0.3, 0.4) is 0 Å². The van der Waals surface area contributed by atoms with Crippen LogP contribution < -0.4 is 11.1 Å². The highest BCUT2D eigenvalue weighted by Gasteiger charge is 2.24. The van der Waals surface area contributed by atoms with Crippen molar-refractivity contribution in [2.24, 2.45) is 16.6 Å². The number of nitrogens with two attached hydrogens (primary N) is 1. The van der Waals surface area contributed by atoms with E-state index in [4.69, 9.17) is 5.73 Å². The van der Waals surface area contributed by atoms with Gasteiger partial charge in [-0.25, -0.2) is 0 Å². The lowest BCUT2D eigenvalue weighted by atomic mass is 10.1. The molecule has 2 aliphatic rings. The Morgan fingerprint density at radius 3 is 2.90 bits per heavy atom. The molecule has 2 aliphatic carbocycles. The van der Waals surface area contributed by atoms with Gasteiger partial charge in [0, 0.05) is 18.2 Å². The largest absolute Gasteiger partial charge is 0.393 e. The Labute approximate surface area is 120 Å². The summed E-state index contributed by atoms with van der Waals surface area (Å²) in [7, 11) is 0. The molecule has 2 atom stereocenters. The zero-order valence-corrected chi connectivity index (χ0v) is 11.8. The van der Waals surface area contributed by atoms with Gasteiger partial charge in [-0.3, -0.25) is 4.99 Å². The SMILES string of the molecule is NC(=NCC1CCCC1O)Nc1ccc2c(c1)CCC2. The summed E-state index contributed by atoms with van der Waals surface area (Å²) < 4.78 is 0. The van der Waals surface area contributed by atoms with Crippen molar-refractivity contribution in [3.63, 3.8) is 0 Å². The highest BCUT2D eigenvalue weighted by Crippen LogP contribution is 2.26. The van der Waals surface area contributed by atoms with Gasteiger partial charge in [-0.05, 0) is 55.4 Å². The van der Waals surface area contributed by atoms with Crippen molar-refractivity contribution < 1.29 is 5.11 Å². The van der Waals surface area contributed by atoms with Crippen molar-refractivity contribution in [1.82, 2.24) is 0 Å². The van der Waals surface area contributed by atoms with Crippen LogP contribution in [0.15, 0.2) is 23.2 Å². The number of fused-ring (bicyclic) bond motifs is 1. The maximum absolute atomic E-state index is 9.77. The van der Waals surface area contributed by atoms with Crippen molar-refractivity contribution in [2.75, 3.05) is 11.9 Å². The standard InChI is InChI=1S/C16H23N3O/c17-16(18-10-13-5-2-6-15(13)20)19-14-8-7-11-3-1-4-12(11)9-14/h7-9,13,15,20H,1-6,10H2,(H3,17,18,19). The molecule has 0 bridgehead atoms. The topological polar surface area (TPSA) is 70.6 Å². The van der Waals surface area contributed by atoms with Crippen molar-refractivity contribution in [2.45, 2.75) is 44.6 Å². The van der Waals surface area contributed by atoms with E-state index in [1.807, 2.05) is 0 Å². The minimum atomic E-state index is -0.202. The Bertz CT molecular complexity index is 512. The first kappa shape index (κ1) is 13.4. The van der Waals surface area contributed by atoms with E-state index in [1.54, 1.807) is 0 Å². The summed E-state index contributed by atoms with van der Waals surface area (Å²) in [5.74, 6) is 0.720. The van der Waals surface area contributed by atoms with Crippen LogP contribution in [-0.4, -0.2) is 23.7 Å². The number of rotatable bonds is 3. The van der Waals surface area contributed by atoms with Gasteiger partial charge in [-0.2, -0.15) is 0 Å². The first-order valence-corrected chi connectivity index (χ1v) is 7.59. The van der Waals surface area contributed by atoms with Crippen LogP contribution in [0.1, 0.15) is 36.8 Å². The minimum absolute atomic E-state index is 0.202.